The number of carbonyl (C=O) groups is 1. The number of aromatic nitrogens is 2. The first-order chi connectivity index (χ1) is 15.7. The van der Waals surface area contributed by atoms with Crippen LogP contribution in [0.2, 0.25) is 0 Å². The maximum atomic E-state index is 11.8. The minimum atomic E-state index is -0.865. The normalized spacial score (nSPS) is 16.8. The minimum absolute atomic E-state index is 0.363. The molecule has 0 bridgehead atoms. The van der Waals surface area contributed by atoms with Crippen LogP contribution >= 0.6 is 0 Å². The summed E-state index contributed by atoms with van der Waals surface area (Å²) in [6.45, 7) is 2.33. The summed E-state index contributed by atoms with van der Waals surface area (Å²) in [7, 11) is 0. The highest BCUT2D eigenvalue weighted by Crippen LogP contribution is 2.46. The molecule has 0 unspecified atom stereocenters. The van der Waals surface area contributed by atoms with Crippen LogP contribution in [0.25, 0.3) is 33.1 Å². The Kier molecular flexibility index (Phi) is 4.61. The van der Waals surface area contributed by atoms with E-state index in [0.29, 0.717) is 18.0 Å². The van der Waals surface area contributed by atoms with Crippen molar-refractivity contribution in [1.82, 2.24) is 9.13 Å². The van der Waals surface area contributed by atoms with E-state index >= 15 is 0 Å². The molecule has 2 aromatic carbocycles. The van der Waals surface area contributed by atoms with Crippen molar-refractivity contribution in [3.05, 3.63) is 59.3 Å². The van der Waals surface area contributed by atoms with Crippen molar-refractivity contribution in [2.75, 3.05) is 0 Å². The molecule has 0 radical (unpaired) electrons. The van der Waals surface area contributed by atoms with Gasteiger partial charge in [0.15, 0.2) is 0 Å². The Hall–Kier alpha value is -3.05. The second-order valence-corrected chi connectivity index (χ2v) is 9.37. The molecule has 1 aliphatic heterocycles. The summed E-state index contributed by atoms with van der Waals surface area (Å²) in [4.78, 5) is 11.8. The number of hydrogen-bond acceptors (Lipinski definition) is 2. The van der Waals surface area contributed by atoms with Gasteiger partial charge in [-0.3, -0.25) is 0 Å². The highest BCUT2D eigenvalue weighted by molar-refractivity contribution is 6.02. The molecular weight excluding hydrogens is 398 g/mol. The lowest BCUT2D eigenvalue weighted by atomic mass is 9.81. The van der Waals surface area contributed by atoms with Crippen LogP contribution in [0.15, 0.2) is 42.5 Å². The summed E-state index contributed by atoms with van der Waals surface area (Å²) in [5.41, 5.74) is 14.0. The van der Waals surface area contributed by atoms with Crippen molar-refractivity contribution in [2.24, 2.45) is 5.73 Å². The van der Waals surface area contributed by atoms with Gasteiger partial charge in [-0.2, -0.15) is 0 Å². The number of fused-ring (bicyclic) bond motifs is 4. The van der Waals surface area contributed by atoms with E-state index in [0.717, 1.165) is 25.0 Å². The third kappa shape index (κ3) is 2.84. The second kappa shape index (κ2) is 7.52. The zero-order chi connectivity index (χ0) is 21.8. The maximum absolute atomic E-state index is 11.8. The highest BCUT2D eigenvalue weighted by atomic mass is 16.4. The van der Waals surface area contributed by atoms with E-state index in [1.54, 1.807) is 6.07 Å². The molecule has 1 saturated carbocycles. The summed E-state index contributed by atoms with van der Waals surface area (Å²) >= 11 is 0. The molecule has 0 atom stereocenters. The molecule has 3 N–H and O–H groups in total. The Labute approximate surface area is 187 Å². The van der Waals surface area contributed by atoms with E-state index in [1.807, 2.05) is 6.07 Å². The van der Waals surface area contributed by atoms with Crippen molar-refractivity contribution in [1.29, 1.82) is 0 Å². The molecule has 1 aliphatic carbocycles. The summed E-state index contributed by atoms with van der Waals surface area (Å²) in [5.74, 6) is -0.346. The number of rotatable bonds is 3. The lowest BCUT2D eigenvalue weighted by molar-refractivity contribution is 0.0697. The Morgan fingerprint density at radius 1 is 1.00 bits per heavy atom. The summed E-state index contributed by atoms with van der Waals surface area (Å²) in [5, 5.41) is 12.1. The van der Waals surface area contributed by atoms with Crippen LogP contribution in [0, 0.1) is 0 Å². The number of para-hydroxylation sites is 1. The van der Waals surface area contributed by atoms with Gasteiger partial charge in [0.05, 0.1) is 16.8 Å². The largest absolute Gasteiger partial charge is 0.478 e. The number of carboxylic acids is 1. The van der Waals surface area contributed by atoms with E-state index in [9.17, 15) is 9.90 Å². The van der Waals surface area contributed by atoms with Crippen molar-refractivity contribution in [3.63, 3.8) is 0 Å². The molecule has 3 heterocycles. The van der Waals surface area contributed by atoms with Crippen molar-refractivity contribution >= 4 is 27.8 Å². The number of carboxylic acid groups (broad SMARTS) is 1. The molecule has 164 valence electrons. The monoisotopic (exact) mass is 427 g/mol. The smallest absolute Gasteiger partial charge is 0.335 e. The van der Waals surface area contributed by atoms with Gasteiger partial charge in [0.25, 0.3) is 0 Å². The van der Waals surface area contributed by atoms with Crippen LogP contribution in [-0.2, 0) is 19.6 Å². The Morgan fingerprint density at radius 2 is 1.81 bits per heavy atom. The van der Waals surface area contributed by atoms with E-state index in [2.05, 4.69) is 39.5 Å². The van der Waals surface area contributed by atoms with Gasteiger partial charge < -0.3 is 20.0 Å². The average molecular weight is 428 g/mol. The van der Waals surface area contributed by atoms with Crippen LogP contribution < -0.4 is 5.73 Å². The van der Waals surface area contributed by atoms with Gasteiger partial charge >= 0.3 is 5.97 Å². The van der Waals surface area contributed by atoms with Gasteiger partial charge in [0.2, 0.25) is 0 Å². The van der Waals surface area contributed by atoms with E-state index in [4.69, 9.17) is 5.73 Å². The van der Waals surface area contributed by atoms with Crippen LogP contribution in [0.1, 0.15) is 66.1 Å². The Bertz CT molecular complexity index is 1350. The minimum Gasteiger partial charge on any atom is -0.478 e. The van der Waals surface area contributed by atoms with Crippen LogP contribution in [0.4, 0.5) is 0 Å². The molecule has 32 heavy (non-hydrogen) atoms. The summed E-state index contributed by atoms with van der Waals surface area (Å²) < 4.78 is 4.83. The van der Waals surface area contributed by atoms with Gasteiger partial charge in [0.1, 0.15) is 0 Å². The molecular formula is C27H29N3O2. The summed E-state index contributed by atoms with van der Waals surface area (Å²) in [6.07, 6.45) is 7.24. The molecule has 0 spiro atoms. The Balaban J connectivity index is 1.73. The molecule has 2 aromatic heterocycles. The fourth-order valence-corrected chi connectivity index (χ4v) is 6.22. The average Bonchev–Trinajstić information content (AvgIpc) is 3.33. The number of benzene rings is 2. The van der Waals surface area contributed by atoms with Gasteiger partial charge in [-0.1, -0.05) is 43.5 Å². The quantitative estimate of drug-likeness (QED) is 0.429. The zero-order valence-electron chi connectivity index (χ0n) is 18.3. The van der Waals surface area contributed by atoms with Crippen molar-refractivity contribution in [2.45, 2.75) is 64.1 Å². The molecule has 4 aromatic rings. The first-order valence-corrected chi connectivity index (χ1v) is 11.9. The lowest BCUT2D eigenvalue weighted by Gasteiger charge is -2.25. The van der Waals surface area contributed by atoms with Gasteiger partial charge in [0, 0.05) is 47.2 Å². The number of aromatic carboxylic acids is 1. The van der Waals surface area contributed by atoms with Gasteiger partial charge in [-0.15, -0.1) is 0 Å². The summed E-state index contributed by atoms with van der Waals surface area (Å²) in [6, 6.07) is 14.6. The third-order valence-electron chi connectivity index (χ3n) is 7.60. The fraction of sp³-hybridized carbons (Fsp3) is 0.370. The maximum Gasteiger partial charge on any atom is 0.335 e. The third-order valence-corrected chi connectivity index (χ3v) is 7.60. The SMILES string of the molecule is NCc1cc2cccc3c2n1CCCn1c-3c(C2CCCCC2)c2ccc(C(=O)O)cc21. The molecule has 0 saturated heterocycles. The van der Waals surface area contributed by atoms with Gasteiger partial charge in [-0.25, -0.2) is 4.79 Å². The number of hydrogen-bond donors (Lipinski definition) is 2. The van der Waals surface area contributed by atoms with E-state index in [1.165, 1.54) is 70.9 Å². The van der Waals surface area contributed by atoms with Crippen LogP contribution in [0.3, 0.4) is 0 Å². The number of nitrogens with two attached hydrogens (primary N) is 1. The van der Waals surface area contributed by atoms with E-state index < -0.39 is 5.97 Å². The highest BCUT2D eigenvalue weighted by Gasteiger charge is 2.29. The molecule has 1 fully saturated rings. The predicted molar refractivity (Wildman–Crippen MR) is 128 cm³/mol. The van der Waals surface area contributed by atoms with Gasteiger partial charge in [-0.05, 0) is 48.9 Å². The van der Waals surface area contributed by atoms with Crippen molar-refractivity contribution < 1.29 is 9.90 Å². The predicted octanol–water partition coefficient (Wildman–Crippen LogP) is 5.87. The van der Waals surface area contributed by atoms with Crippen LogP contribution in [-0.4, -0.2) is 20.2 Å². The fourth-order valence-electron chi connectivity index (χ4n) is 6.22. The number of aryl methyl sites for hydroxylation is 2. The first kappa shape index (κ1) is 19.6. The van der Waals surface area contributed by atoms with Crippen molar-refractivity contribution in [3.8, 4) is 11.3 Å². The molecule has 5 heteroatoms. The molecule has 2 aliphatic rings. The Morgan fingerprint density at radius 3 is 2.59 bits per heavy atom. The number of nitrogens with zero attached hydrogens (tertiary/aromatic N) is 2. The second-order valence-electron chi connectivity index (χ2n) is 9.37. The first-order valence-electron chi connectivity index (χ1n) is 11.9. The molecule has 6 rings (SSSR count). The standard InChI is InChI=1S/C27H29N3O2/c28-16-20-14-18-8-4-9-22-25(18)29(20)12-5-13-30-23-15-19(27(31)32)10-11-21(23)24(26(22)30)17-6-2-1-3-7-17/h4,8-11,14-15,17H,1-3,5-7,12-13,16,28H2,(H,31,32). The van der Waals surface area contributed by atoms with E-state index in [-0.39, 0.29) is 0 Å². The topological polar surface area (TPSA) is 73.2 Å². The van der Waals surface area contributed by atoms with Crippen LogP contribution in [0.5, 0.6) is 0 Å². The molecule has 0 amide bonds. The molecule has 5 nitrogen and oxygen atoms in total. The zero-order valence-corrected chi connectivity index (χ0v) is 18.3. The lowest BCUT2D eigenvalue weighted by Crippen LogP contribution is -2.14.